The van der Waals surface area contributed by atoms with E-state index in [0.29, 0.717) is 28.4 Å². The molecule has 0 aliphatic rings. The van der Waals surface area contributed by atoms with Crippen LogP contribution in [0.15, 0.2) is 54.9 Å². The van der Waals surface area contributed by atoms with E-state index in [1.807, 2.05) is 19.0 Å². The minimum atomic E-state index is -1.06. The van der Waals surface area contributed by atoms with E-state index < -0.39 is 23.8 Å². The third-order valence-electron chi connectivity index (χ3n) is 5.38. The molecule has 0 radical (unpaired) electrons. The Balaban J connectivity index is 1.71. The van der Waals surface area contributed by atoms with Gasteiger partial charge in [-0.25, -0.2) is 4.79 Å². The summed E-state index contributed by atoms with van der Waals surface area (Å²) in [5.74, 6) is -1.91. The molecule has 3 aromatic rings. The lowest BCUT2D eigenvalue weighted by molar-refractivity contribution is -0.124. The Labute approximate surface area is 219 Å². The van der Waals surface area contributed by atoms with Crippen molar-refractivity contribution >= 4 is 41.1 Å². The van der Waals surface area contributed by atoms with Crippen LogP contribution in [0, 0.1) is 0 Å². The van der Waals surface area contributed by atoms with Crippen LogP contribution in [-0.2, 0) is 9.59 Å². The number of unbranched alkanes of at least 4 members (excludes halogenated alkanes) is 1. The number of hydrogen-bond donors (Lipinski definition) is 3. The first-order valence-corrected chi connectivity index (χ1v) is 11.9. The van der Waals surface area contributed by atoms with Crippen molar-refractivity contribution < 1.29 is 19.5 Å². The Morgan fingerprint density at radius 2 is 1.89 bits per heavy atom. The van der Waals surface area contributed by atoms with E-state index in [-0.39, 0.29) is 5.56 Å². The molecule has 1 heterocycles. The molecule has 194 valence electrons. The van der Waals surface area contributed by atoms with Crippen molar-refractivity contribution in [3.63, 3.8) is 0 Å². The summed E-state index contributed by atoms with van der Waals surface area (Å²) in [5.41, 5.74) is 1.78. The lowest BCUT2D eigenvalue weighted by Gasteiger charge is -2.18. The highest BCUT2D eigenvalue weighted by atomic mass is 35.5. The first-order chi connectivity index (χ1) is 17.7. The highest BCUT2D eigenvalue weighted by Crippen LogP contribution is 2.20. The van der Waals surface area contributed by atoms with Crippen LogP contribution in [0.25, 0.3) is 11.8 Å². The second-order valence-electron chi connectivity index (χ2n) is 8.52. The van der Waals surface area contributed by atoms with Crippen LogP contribution in [0.3, 0.4) is 0 Å². The molecule has 0 saturated heterocycles. The predicted octanol–water partition coefficient (Wildman–Crippen LogP) is 2.88. The molecule has 1 atom stereocenters. The zero-order valence-electron chi connectivity index (χ0n) is 20.5. The van der Waals surface area contributed by atoms with Crippen molar-refractivity contribution in [2.45, 2.75) is 25.3 Å². The van der Waals surface area contributed by atoms with Crippen LogP contribution in [0.4, 0.5) is 5.69 Å². The average molecular weight is 526 g/mol. The molecule has 0 aliphatic heterocycles. The van der Waals surface area contributed by atoms with Gasteiger partial charge in [-0.2, -0.15) is 4.68 Å². The highest BCUT2D eigenvalue weighted by Gasteiger charge is 2.20. The van der Waals surface area contributed by atoms with Gasteiger partial charge in [-0.1, -0.05) is 11.6 Å². The topological polar surface area (TPSA) is 142 Å². The van der Waals surface area contributed by atoms with Gasteiger partial charge in [-0.15, -0.1) is 5.10 Å². The first kappa shape index (κ1) is 27.5. The molecule has 0 bridgehead atoms. The molecule has 37 heavy (non-hydrogen) atoms. The van der Waals surface area contributed by atoms with Crippen LogP contribution in [0.1, 0.15) is 35.2 Å². The van der Waals surface area contributed by atoms with Gasteiger partial charge in [0.25, 0.3) is 0 Å². The van der Waals surface area contributed by atoms with Gasteiger partial charge in [-0.05, 0) is 98.9 Å². The summed E-state index contributed by atoms with van der Waals surface area (Å²) in [4.78, 5) is 38.9. The minimum Gasteiger partial charge on any atom is -0.478 e. The number of halogens is 1. The minimum absolute atomic E-state index is 0.110. The summed E-state index contributed by atoms with van der Waals surface area (Å²) >= 11 is 6.13. The quantitative estimate of drug-likeness (QED) is 0.242. The number of amides is 2. The molecule has 1 unspecified atom stereocenters. The number of nitrogens with zero attached hydrogens (tertiary/aromatic N) is 5. The van der Waals surface area contributed by atoms with E-state index in [0.717, 1.165) is 19.4 Å². The third kappa shape index (κ3) is 8.51. The SMILES string of the molecule is CN(C)CCCCC(NC(=O)C=Cc1cc(Cl)ccc1-n1cnnn1)C(=O)Nc1ccc(C(=O)O)cc1. The number of carboxylic acids is 1. The molecule has 3 N–H and O–H groups in total. The first-order valence-electron chi connectivity index (χ1n) is 11.5. The van der Waals surface area contributed by atoms with Crippen molar-refractivity contribution in [3.05, 3.63) is 71.0 Å². The number of carboxylic acid groups (broad SMARTS) is 1. The van der Waals surface area contributed by atoms with Crippen LogP contribution >= 0.6 is 11.6 Å². The van der Waals surface area contributed by atoms with Gasteiger partial charge < -0.3 is 20.6 Å². The van der Waals surface area contributed by atoms with E-state index >= 15 is 0 Å². The Bertz CT molecular complexity index is 1240. The van der Waals surface area contributed by atoms with Gasteiger partial charge in [0.15, 0.2) is 0 Å². The molecular formula is C25H28ClN7O4. The van der Waals surface area contributed by atoms with Crippen molar-refractivity contribution in [1.29, 1.82) is 0 Å². The highest BCUT2D eigenvalue weighted by molar-refractivity contribution is 6.30. The van der Waals surface area contributed by atoms with Crippen LogP contribution in [0.5, 0.6) is 0 Å². The maximum absolute atomic E-state index is 13.0. The van der Waals surface area contributed by atoms with Crippen LogP contribution in [0.2, 0.25) is 5.02 Å². The summed E-state index contributed by atoms with van der Waals surface area (Å²) in [5, 5.41) is 26.2. The van der Waals surface area contributed by atoms with Gasteiger partial charge in [-0.3, -0.25) is 9.59 Å². The van der Waals surface area contributed by atoms with Crippen molar-refractivity contribution in [1.82, 2.24) is 30.4 Å². The fraction of sp³-hybridized carbons (Fsp3) is 0.280. The number of rotatable bonds is 12. The summed E-state index contributed by atoms with van der Waals surface area (Å²) in [7, 11) is 3.94. The zero-order valence-corrected chi connectivity index (χ0v) is 21.2. The van der Waals surface area contributed by atoms with Gasteiger partial charge in [0.05, 0.1) is 11.3 Å². The second-order valence-corrected chi connectivity index (χ2v) is 8.96. The average Bonchev–Trinajstić information content (AvgIpc) is 3.39. The maximum atomic E-state index is 13.0. The van der Waals surface area contributed by atoms with Crippen LogP contribution in [-0.4, -0.2) is 74.7 Å². The van der Waals surface area contributed by atoms with Crippen molar-refractivity contribution in [2.24, 2.45) is 0 Å². The zero-order chi connectivity index (χ0) is 26.8. The summed E-state index contributed by atoms with van der Waals surface area (Å²) in [6.07, 6.45) is 6.33. The molecule has 2 aromatic carbocycles. The molecule has 11 nitrogen and oxygen atoms in total. The number of aromatic nitrogens is 4. The Morgan fingerprint density at radius 1 is 1.14 bits per heavy atom. The smallest absolute Gasteiger partial charge is 0.335 e. The fourth-order valence-electron chi connectivity index (χ4n) is 3.50. The molecule has 3 rings (SSSR count). The Kier molecular flexibility index (Phi) is 9.87. The van der Waals surface area contributed by atoms with E-state index in [1.165, 1.54) is 41.4 Å². The Morgan fingerprint density at radius 3 is 2.54 bits per heavy atom. The lowest BCUT2D eigenvalue weighted by Crippen LogP contribution is -2.43. The number of anilines is 1. The fourth-order valence-corrected chi connectivity index (χ4v) is 3.68. The largest absolute Gasteiger partial charge is 0.478 e. The van der Waals surface area contributed by atoms with Gasteiger partial charge in [0.2, 0.25) is 11.8 Å². The maximum Gasteiger partial charge on any atom is 0.335 e. The number of aromatic carboxylic acids is 1. The van der Waals surface area contributed by atoms with Crippen molar-refractivity contribution in [2.75, 3.05) is 26.0 Å². The summed E-state index contributed by atoms with van der Waals surface area (Å²) < 4.78 is 1.45. The molecule has 1 aromatic heterocycles. The molecule has 12 heteroatoms. The number of carbonyl (C=O) groups is 3. The number of hydrogen-bond acceptors (Lipinski definition) is 7. The van der Waals surface area contributed by atoms with Gasteiger partial charge in [0.1, 0.15) is 12.4 Å². The van der Waals surface area contributed by atoms with E-state index in [4.69, 9.17) is 16.7 Å². The summed E-state index contributed by atoms with van der Waals surface area (Å²) in [6.45, 7) is 0.855. The van der Waals surface area contributed by atoms with E-state index in [1.54, 1.807) is 24.3 Å². The number of benzene rings is 2. The molecule has 2 amide bonds. The second kappa shape index (κ2) is 13.3. The van der Waals surface area contributed by atoms with E-state index in [9.17, 15) is 14.4 Å². The number of carbonyl (C=O) groups excluding carboxylic acids is 2. The number of tetrazole rings is 1. The third-order valence-corrected chi connectivity index (χ3v) is 5.62. The normalized spacial score (nSPS) is 12.0. The predicted molar refractivity (Wildman–Crippen MR) is 140 cm³/mol. The standard InChI is InChI=1S/C25H28ClN7O4/c1-32(2)14-4-3-5-21(24(35)28-20-10-6-17(7-11-20)25(36)37)29-23(34)13-8-18-15-19(26)9-12-22(18)33-16-27-30-31-33/h6-13,15-16,21H,3-5,14H2,1-2H3,(H,28,35)(H,29,34)(H,36,37). The van der Waals surface area contributed by atoms with E-state index in [2.05, 4.69) is 26.2 Å². The molecule has 0 spiro atoms. The summed E-state index contributed by atoms with van der Waals surface area (Å²) in [6, 6.07) is 10.1. The molecule has 0 saturated carbocycles. The molecule has 0 fully saturated rings. The number of nitrogens with one attached hydrogen (secondary N) is 2. The van der Waals surface area contributed by atoms with Gasteiger partial charge >= 0.3 is 5.97 Å². The monoisotopic (exact) mass is 525 g/mol. The van der Waals surface area contributed by atoms with Crippen LogP contribution < -0.4 is 10.6 Å². The Hall–Kier alpha value is -4.09. The molecule has 0 aliphatic carbocycles. The van der Waals surface area contributed by atoms with Crippen molar-refractivity contribution in [3.8, 4) is 5.69 Å². The van der Waals surface area contributed by atoms with Gasteiger partial charge in [0, 0.05) is 22.3 Å². The molecular weight excluding hydrogens is 498 g/mol. The lowest BCUT2D eigenvalue weighted by atomic mass is 10.1.